The highest BCUT2D eigenvalue weighted by Gasteiger charge is 2.48. The van der Waals surface area contributed by atoms with Crippen LogP contribution in [0.2, 0.25) is 0 Å². The van der Waals surface area contributed by atoms with E-state index in [1.807, 2.05) is 45.1 Å². The lowest BCUT2D eigenvalue weighted by Gasteiger charge is -2.19. The van der Waals surface area contributed by atoms with Crippen molar-refractivity contribution in [2.24, 2.45) is 32.7 Å². The quantitative estimate of drug-likeness (QED) is 0.329. The lowest BCUT2D eigenvalue weighted by molar-refractivity contribution is -0.140. The number of aliphatic carboxylic acids is 2. The number of aliphatic hydroxyl groups excluding tert-OH is 1. The van der Waals surface area contributed by atoms with Crippen molar-refractivity contribution in [2.45, 2.75) is 47.0 Å². The van der Waals surface area contributed by atoms with E-state index in [1.165, 1.54) is 0 Å². The molecule has 214 valence electrons. The molecule has 3 unspecified atom stereocenters. The molecule has 5 heterocycles. The number of hydrogen-bond acceptors (Lipinski definition) is 7. The molecule has 3 atom stereocenters. The molecule has 0 aromatic heterocycles. The molecule has 0 aromatic carbocycles. The number of carboxylic acid groups (broad SMARTS) is 2. The fraction of sp³-hybridized carbons (Fsp3) is 0.303. The Morgan fingerprint density at radius 3 is 2.48 bits per heavy atom. The van der Waals surface area contributed by atoms with Crippen molar-refractivity contribution in [1.82, 2.24) is 5.32 Å². The Morgan fingerprint density at radius 1 is 1.05 bits per heavy atom. The number of rotatable bonds is 6. The second-order valence-electron chi connectivity index (χ2n) is 11.2. The van der Waals surface area contributed by atoms with E-state index in [-0.39, 0.29) is 30.4 Å². The summed E-state index contributed by atoms with van der Waals surface area (Å²) >= 11 is 0. The summed E-state index contributed by atoms with van der Waals surface area (Å²) in [4.78, 5) is 38.9. The van der Waals surface area contributed by atoms with Gasteiger partial charge in [-0.3, -0.25) is 9.59 Å². The molecule has 0 saturated carbocycles. The van der Waals surface area contributed by atoms with E-state index in [0.717, 1.165) is 51.7 Å². The van der Waals surface area contributed by atoms with Crippen LogP contribution < -0.4 is 5.32 Å². The van der Waals surface area contributed by atoms with E-state index in [2.05, 4.69) is 18.8 Å². The van der Waals surface area contributed by atoms with Crippen molar-refractivity contribution >= 4 is 29.1 Å². The minimum atomic E-state index is -1.32. The number of nitrogens with zero attached hydrogens (tertiary/aromatic N) is 3. The van der Waals surface area contributed by atoms with E-state index in [9.17, 15) is 24.9 Å². The maximum atomic E-state index is 12.6. The average molecular weight is 565 g/mol. The SMILES string of the molecule is C=CC1=C(C)C2=NC1=CC1=NC(=CC3=C(C)C4=C(O)C(C(=O)O)C(=C5NC(=C2)C(C)C5CCC(=O)O)C4=N3)C(CC)=C1. The van der Waals surface area contributed by atoms with Gasteiger partial charge >= 0.3 is 11.9 Å². The van der Waals surface area contributed by atoms with E-state index in [1.54, 1.807) is 6.08 Å². The van der Waals surface area contributed by atoms with Crippen LogP contribution in [-0.4, -0.2) is 44.4 Å². The van der Waals surface area contributed by atoms with Gasteiger partial charge in [-0.05, 0) is 67.7 Å². The molecule has 6 aliphatic rings. The molecule has 0 radical (unpaired) electrons. The maximum absolute atomic E-state index is 12.6. The van der Waals surface area contributed by atoms with Gasteiger partial charge < -0.3 is 20.6 Å². The largest absolute Gasteiger partial charge is 0.510 e. The first-order valence-electron chi connectivity index (χ1n) is 14.1. The van der Waals surface area contributed by atoms with Crippen LogP contribution in [0.4, 0.5) is 0 Å². The van der Waals surface area contributed by atoms with Crippen LogP contribution in [-0.2, 0) is 9.59 Å². The molecule has 0 amide bonds. The lowest BCUT2D eigenvalue weighted by Crippen LogP contribution is -2.23. The van der Waals surface area contributed by atoms with Gasteiger partial charge in [-0.25, -0.2) is 15.0 Å². The third-order valence-electron chi connectivity index (χ3n) is 8.89. The van der Waals surface area contributed by atoms with Gasteiger partial charge in [0.05, 0.1) is 34.2 Å². The van der Waals surface area contributed by atoms with Gasteiger partial charge in [0, 0.05) is 46.4 Å². The van der Waals surface area contributed by atoms with E-state index >= 15 is 0 Å². The van der Waals surface area contributed by atoms with Crippen molar-refractivity contribution in [3.8, 4) is 0 Å². The molecule has 42 heavy (non-hydrogen) atoms. The summed E-state index contributed by atoms with van der Waals surface area (Å²) in [6, 6.07) is 0. The van der Waals surface area contributed by atoms with Crippen LogP contribution >= 0.6 is 0 Å². The fourth-order valence-electron chi connectivity index (χ4n) is 6.60. The molecule has 0 spiro atoms. The van der Waals surface area contributed by atoms with Crippen molar-refractivity contribution < 1.29 is 24.9 Å². The molecule has 9 heteroatoms. The third-order valence-corrected chi connectivity index (χ3v) is 8.89. The van der Waals surface area contributed by atoms with Crippen molar-refractivity contribution in [1.29, 1.82) is 0 Å². The maximum Gasteiger partial charge on any atom is 0.318 e. The normalized spacial score (nSPS) is 26.1. The van der Waals surface area contributed by atoms with Crippen molar-refractivity contribution in [2.75, 3.05) is 0 Å². The number of carbonyl (C=O) groups is 2. The monoisotopic (exact) mass is 564 g/mol. The molecule has 1 fully saturated rings. The number of aliphatic hydroxyl groups is 1. The molecule has 0 aromatic rings. The Bertz CT molecular complexity index is 1750. The Balaban J connectivity index is 1.65. The summed E-state index contributed by atoms with van der Waals surface area (Å²) in [5.74, 6) is -4.23. The molecule has 4 N–H and O–H groups in total. The lowest BCUT2D eigenvalue weighted by atomic mass is 9.84. The zero-order valence-corrected chi connectivity index (χ0v) is 23.9. The molecular weight excluding hydrogens is 532 g/mol. The zero-order valence-electron chi connectivity index (χ0n) is 23.9. The van der Waals surface area contributed by atoms with Gasteiger partial charge in [-0.1, -0.05) is 26.5 Å². The summed E-state index contributed by atoms with van der Waals surface area (Å²) in [6.45, 7) is 11.9. The molecule has 6 rings (SSSR count). The number of aliphatic imine (C=N–C) groups is 3. The predicted octanol–water partition coefficient (Wildman–Crippen LogP) is 5.63. The number of carboxylic acids is 2. The summed E-state index contributed by atoms with van der Waals surface area (Å²) in [5, 5.41) is 34.6. The first-order chi connectivity index (χ1) is 20.0. The van der Waals surface area contributed by atoms with E-state index in [0.29, 0.717) is 33.8 Å². The van der Waals surface area contributed by atoms with Gasteiger partial charge in [0.1, 0.15) is 11.7 Å². The van der Waals surface area contributed by atoms with Crippen molar-refractivity contribution in [3.05, 3.63) is 105 Å². The highest BCUT2D eigenvalue weighted by molar-refractivity contribution is 6.24. The number of allylic oxidation sites excluding steroid dienone is 11. The fourth-order valence-corrected chi connectivity index (χ4v) is 6.60. The highest BCUT2D eigenvalue weighted by atomic mass is 16.4. The van der Waals surface area contributed by atoms with Crippen LogP contribution in [0.15, 0.2) is 120 Å². The van der Waals surface area contributed by atoms with E-state index < -0.39 is 17.9 Å². The summed E-state index contributed by atoms with van der Waals surface area (Å²) in [7, 11) is 0. The molecule has 9 nitrogen and oxygen atoms in total. The zero-order chi connectivity index (χ0) is 30.0. The Kier molecular flexibility index (Phi) is 6.48. The average Bonchev–Trinajstić information content (AvgIpc) is 3.69. The number of fused-ring (bicyclic) bond motifs is 5. The standard InChI is InChI=1S/C33H32N4O5/c1-6-17-10-18-11-25-19(7-2)14(3)21(35-25)12-22-15(4)20(8-9-26(38)39)30(36-22)28-29(33(41)42)32(40)27-16(5)23(37-31(27)28)13-24(17)34-18/h7,10-13,15,20,29,36,40H,2,6,8-9H2,1,3-5H3,(H,38,39)(H,41,42). The third kappa shape index (κ3) is 4.10. The van der Waals surface area contributed by atoms with Crippen LogP contribution in [0.1, 0.15) is 47.0 Å². The minimum absolute atomic E-state index is 0.0918. The Morgan fingerprint density at radius 2 is 1.81 bits per heavy atom. The number of nitrogens with one attached hydrogen (secondary N) is 1. The van der Waals surface area contributed by atoms with Crippen LogP contribution in [0, 0.1) is 17.8 Å². The Labute approximate surface area is 243 Å². The smallest absolute Gasteiger partial charge is 0.318 e. The van der Waals surface area contributed by atoms with Gasteiger partial charge in [0.2, 0.25) is 0 Å². The van der Waals surface area contributed by atoms with E-state index in [4.69, 9.17) is 15.0 Å². The summed E-state index contributed by atoms with van der Waals surface area (Å²) in [6.07, 6.45) is 10.5. The number of hydrogen-bond donors (Lipinski definition) is 4. The first-order valence-corrected chi connectivity index (χ1v) is 14.1. The van der Waals surface area contributed by atoms with Crippen molar-refractivity contribution in [3.63, 3.8) is 0 Å². The van der Waals surface area contributed by atoms with Crippen LogP contribution in [0.5, 0.6) is 0 Å². The summed E-state index contributed by atoms with van der Waals surface area (Å²) < 4.78 is 0. The van der Waals surface area contributed by atoms with Crippen LogP contribution in [0.25, 0.3) is 0 Å². The van der Waals surface area contributed by atoms with Gasteiger partial charge in [-0.2, -0.15) is 0 Å². The topological polar surface area (TPSA) is 144 Å². The van der Waals surface area contributed by atoms with Gasteiger partial charge in [0.15, 0.2) is 0 Å². The molecule has 8 bridgehead atoms. The predicted molar refractivity (Wildman–Crippen MR) is 161 cm³/mol. The molecular formula is C33H32N4O5. The summed E-state index contributed by atoms with van der Waals surface area (Å²) in [5.41, 5.74) is 9.66. The minimum Gasteiger partial charge on any atom is -0.510 e. The van der Waals surface area contributed by atoms with Crippen LogP contribution in [0.3, 0.4) is 0 Å². The van der Waals surface area contributed by atoms with Gasteiger partial charge in [0.25, 0.3) is 0 Å². The molecule has 1 aliphatic carbocycles. The molecule has 5 aliphatic heterocycles. The second kappa shape index (κ2) is 9.94. The molecule has 1 saturated heterocycles. The highest BCUT2D eigenvalue weighted by Crippen LogP contribution is 2.48. The first kappa shape index (κ1) is 27.4. The second-order valence-corrected chi connectivity index (χ2v) is 11.2. The Hall–Kier alpha value is -4.79. The van der Waals surface area contributed by atoms with Gasteiger partial charge in [-0.15, -0.1) is 0 Å².